The van der Waals surface area contributed by atoms with Gasteiger partial charge in [0.05, 0.1) is 4.92 Å². The van der Waals surface area contributed by atoms with Crippen LogP contribution in [0.3, 0.4) is 0 Å². The van der Waals surface area contributed by atoms with Gasteiger partial charge in [0.25, 0.3) is 11.6 Å². The number of hydrogen-bond donors (Lipinski definition) is 1. The molecule has 2 aromatic rings. The Bertz CT molecular complexity index is 855. The summed E-state index contributed by atoms with van der Waals surface area (Å²) in [7, 11) is 0. The molecular weight excluding hydrogens is 395 g/mol. The number of nitro benzene ring substituents is 1. The molecule has 0 atom stereocenters. The number of rotatable bonds is 7. The summed E-state index contributed by atoms with van der Waals surface area (Å²) in [5.74, 6) is -1.58. The van der Waals surface area contributed by atoms with Crippen molar-refractivity contribution in [1.82, 2.24) is 0 Å². The molecule has 0 bridgehead atoms. The zero-order valence-electron chi connectivity index (χ0n) is 13.7. The number of carbonyl (C=O) groups is 1. The van der Waals surface area contributed by atoms with Crippen molar-refractivity contribution < 1.29 is 41.1 Å². The Labute approximate surface area is 153 Å². The normalized spacial score (nSPS) is 11.2. The Kier molecular flexibility index (Phi) is 6.33. The second-order valence-electron chi connectivity index (χ2n) is 5.20. The highest BCUT2D eigenvalue weighted by Crippen LogP contribution is 2.27. The van der Waals surface area contributed by atoms with Gasteiger partial charge in [-0.15, -0.1) is 0 Å². The molecule has 0 spiro atoms. The third-order valence-corrected chi connectivity index (χ3v) is 3.15. The molecule has 150 valence electrons. The van der Waals surface area contributed by atoms with Crippen molar-refractivity contribution in [2.24, 2.45) is 0 Å². The smallest absolute Gasteiger partial charge is 0.422 e. The van der Waals surface area contributed by atoms with Crippen molar-refractivity contribution in [3.05, 3.63) is 58.1 Å². The second kappa shape index (κ2) is 8.50. The maximum Gasteiger partial charge on any atom is 0.422 e. The van der Waals surface area contributed by atoms with Crippen molar-refractivity contribution in [2.75, 3.05) is 11.9 Å². The largest absolute Gasteiger partial charge is 0.484 e. The number of hydrogen-bond acceptors (Lipinski definition) is 5. The Morgan fingerprint density at radius 2 is 1.71 bits per heavy atom. The van der Waals surface area contributed by atoms with Crippen LogP contribution in [-0.4, -0.2) is 30.2 Å². The highest BCUT2D eigenvalue weighted by Gasteiger charge is 2.29. The number of anilines is 1. The van der Waals surface area contributed by atoms with E-state index in [9.17, 15) is 36.9 Å². The Morgan fingerprint density at radius 1 is 1.11 bits per heavy atom. The standard InChI is InChI=1S/C16H11F5N2O5/c17-15(18)28-10-3-1-9(2-4-10)22-14(24)12-7-11(27-8-16(19,20)21)5-6-13(12)23(25)26/h1-7,15H,8H2,(H,22,24). The van der Waals surface area contributed by atoms with Crippen LogP contribution in [-0.2, 0) is 0 Å². The van der Waals surface area contributed by atoms with E-state index in [1.807, 2.05) is 0 Å². The predicted octanol–water partition coefficient (Wildman–Crippen LogP) is 4.39. The lowest BCUT2D eigenvalue weighted by Gasteiger charge is -2.11. The van der Waals surface area contributed by atoms with E-state index in [0.29, 0.717) is 0 Å². The second-order valence-corrected chi connectivity index (χ2v) is 5.20. The summed E-state index contributed by atoms with van der Waals surface area (Å²) in [6, 6.07) is 7.21. The maximum absolute atomic E-state index is 12.3. The van der Waals surface area contributed by atoms with Gasteiger partial charge in [-0.25, -0.2) is 0 Å². The quantitative estimate of drug-likeness (QED) is 0.418. The van der Waals surface area contributed by atoms with Crippen molar-refractivity contribution in [3.8, 4) is 11.5 Å². The van der Waals surface area contributed by atoms with Gasteiger partial charge in [0.1, 0.15) is 17.1 Å². The molecule has 0 aliphatic heterocycles. The van der Waals surface area contributed by atoms with Crippen LogP contribution in [0.1, 0.15) is 10.4 Å². The minimum atomic E-state index is -4.63. The van der Waals surface area contributed by atoms with E-state index < -0.39 is 47.2 Å². The summed E-state index contributed by atoms with van der Waals surface area (Å²) in [5.41, 5.74) is -1.12. The van der Waals surface area contributed by atoms with E-state index in [1.54, 1.807) is 0 Å². The van der Waals surface area contributed by atoms with Gasteiger partial charge < -0.3 is 14.8 Å². The van der Waals surface area contributed by atoms with Crippen molar-refractivity contribution in [1.29, 1.82) is 0 Å². The average molecular weight is 406 g/mol. The lowest BCUT2D eigenvalue weighted by molar-refractivity contribution is -0.385. The lowest BCUT2D eigenvalue weighted by Crippen LogP contribution is -2.20. The topological polar surface area (TPSA) is 90.7 Å². The first-order chi connectivity index (χ1) is 13.0. The number of alkyl halides is 5. The molecule has 2 aromatic carbocycles. The summed E-state index contributed by atoms with van der Waals surface area (Å²) >= 11 is 0. The van der Waals surface area contributed by atoms with Gasteiger partial charge in [-0.05, 0) is 36.4 Å². The van der Waals surface area contributed by atoms with Gasteiger partial charge in [0.15, 0.2) is 6.61 Å². The molecule has 0 radical (unpaired) electrons. The van der Waals surface area contributed by atoms with Gasteiger partial charge in [-0.3, -0.25) is 14.9 Å². The Morgan fingerprint density at radius 3 is 2.25 bits per heavy atom. The number of amides is 1. The maximum atomic E-state index is 12.3. The number of ether oxygens (including phenoxy) is 2. The first kappa shape index (κ1) is 20.9. The van der Waals surface area contributed by atoms with Crippen LogP contribution < -0.4 is 14.8 Å². The number of benzene rings is 2. The van der Waals surface area contributed by atoms with Gasteiger partial charge in [0, 0.05) is 11.8 Å². The number of nitro groups is 1. The Hall–Kier alpha value is -3.44. The fourth-order valence-electron chi connectivity index (χ4n) is 2.03. The zero-order valence-corrected chi connectivity index (χ0v) is 13.7. The van der Waals surface area contributed by atoms with Crippen molar-refractivity contribution in [3.63, 3.8) is 0 Å². The summed E-state index contributed by atoms with van der Waals surface area (Å²) in [6.45, 7) is -4.68. The van der Waals surface area contributed by atoms with Gasteiger partial charge in [-0.1, -0.05) is 0 Å². The van der Waals surface area contributed by atoms with E-state index in [1.165, 1.54) is 12.1 Å². The molecule has 28 heavy (non-hydrogen) atoms. The molecule has 0 heterocycles. The third-order valence-electron chi connectivity index (χ3n) is 3.15. The molecular formula is C16H11F5N2O5. The molecule has 12 heteroatoms. The summed E-state index contributed by atoms with van der Waals surface area (Å²) in [4.78, 5) is 22.5. The van der Waals surface area contributed by atoms with E-state index >= 15 is 0 Å². The molecule has 7 nitrogen and oxygen atoms in total. The van der Waals surface area contributed by atoms with Gasteiger partial charge in [0.2, 0.25) is 0 Å². The molecule has 0 aliphatic rings. The molecule has 1 N–H and O–H groups in total. The van der Waals surface area contributed by atoms with Crippen LogP contribution in [0.15, 0.2) is 42.5 Å². The molecule has 0 aliphatic carbocycles. The van der Waals surface area contributed by atoms with Crippen LogP contribution in [0, 0.1) is 10.1 Å². The van der Waals surface area contributed by atoms with Gasteiger partial charge in [-0.2, -0.15) is 22.0 Å². The molecule has 0 saturated carbocycles. The van der Waals surface area contributed by atoms with E-state index in [0.717, 1.165) is 30.3 Å². The highest BCUT2D eigenvalue weighted by molar-refractivity contribution is 6.07. The van der Waals surface area contributed by atoms with Crippen molar-refractivity contribution in [2.45, 2.75) is 12.8 Å². The molecule has 1 amide bonds. The van der Waals surface area contributed by atoms with Crippen LogP contribution in [0.5, 0.6) is 11.5 Å². The molecule has 0 fully saturated rings. The number of halogens is 5. The molecule has 2 rings (SSSR count). The number of nitrogens with zero attached hydrogens (tertiary/aromatic N) is 1. The van der Waals surface area contributed by atoms with Crippen LogP contribution in [0.25, 0.3) is 0 Å². The van der Waals surface area contributed by atoms with Crippen LogP contribution >= 0.6 is 0 Å². The first-order valence-electron chi connectivity index (χ1n) is 7.39. The summed E-state index contributed by atoms with van der Waals surface area (Å²) in [6.07, 6.45) is -4.63. The van der Waals surface area contributed by atoms with Crippen LogP contribution in [0.4, 0.5) is 33.3 Å². The molecule has 0 unspecified atom stereocenters. The Balaban J connectivity index is 2.21. The van der Waals surface area contributed by atoms with E-state index in [2.05, 4.69) is 14.8 Å². The fraction of sp³-hybridized carbons (Fsp3) is 0.188. The zero-order chi connectivity index (χ0) is 20.9. The number of nitrogens with one attached hydrogen (secondary N) is 1. The number of carbonyl (C=O) groups excluding carboxylic acids is 1. The molecule has 0 aromatic heterocycles. The molecule has 0 saturated heterocycles. The van der Waals surface area contributed by atoms with E-state index in [-0.39, 0.29) is 11.4 Å². The predicted molar refractivity (Wildman–Crippen MR) is 85.7 cm³/mol. The van der Waals surface area contributed by atoms with Crippen LogP contribution in [0.2, 0.25) is 0 Å². The monoisotopic (exact) mass is 406 g/mol. The van der Waals surface area contributed by atoms with Crippen molar-refractivity contribution >= 4 is 17.3 Å². The SMILES string of the molecule is O=C(Nc1ccc(OC(F)F)cc1)c1cc(OCC(F)(F)F)ccc1[N+](=O)[O-]. The third kappa shape index (κ3) is 6.07. The average Bonchev–Trinajstić information content (AvgIpc) is 2.60. The summed E-state index contributed by atoms with van der Waals surface area (Å²) < 4.78 is 69.5. The highest BCUT2D eigenvalue weighted by atomic mass is 19.4. The fourth-order valence-corrected chi connectivity index (χ4v) is 2.03. The van der Waals surface area contributed by atoms with Gasteiger partial charge >= 0.3 is 12.8 Å². The first-order valence-corrected chi connectivity index (χ1v) is 7.39. The minimum Gasteiger partial charge on any atom is -0.484 e. The lowest BCUT2D eigenvalue weighted by atomic mass is 10.1. The van der Waals surface area contributed by atoms with E-state index in [4.69, 9.17) is 0 Å². The minimum absolute atomic E-state index is 0.0857. The summed E-state index contributed by atoms with van der Waals surface area (Å²) in [5, 5.41) is 13.3.